The number of para-hydroxylation sites is 1. The van der Waals surface area contributed by atoms with Gasteiger partial charge in [0.15, 0.2) is 0 Å². The molecule has 72 valence electrons. The van der Waals surface area contributed by atoms with Crippen molar-refractivity contribution in [2.24, 2.45) is 0 Å². The molecule has 1 rings (SSSR count). The fourth-order valence-corrected chi connectivity index (χ4v) is 1.88. The highest BCUT2D eigenvalue weighted by atomic mass is 79.9. The highest BCUT2D eigenvalue weighted by molar-refractivity contribution is 9.08. The largest absolute Gasteiger partial charge is 0.629 e. The number of alkyl halides is 1. The highest BCUT2D eigenvalue weighted by Crippen LogP contribution is 2.18. The van der Waals surface area contributed by atoms with Crippen LogP contribution in [-0.4, -0.2) is 6.54 Å². The lowest BCUT2D eigenvalue weighted by atomic mass is 10.1. The van der Waals surface area contributed by atoms with Gasteiger partial charge in [0.2, 0.25) is 0 Å². The second-order valence-corrected chi connectivity index (χ2v) is 3.58. The van der Waals surface area contributed by atoms with Crippen molar-refractivity contribution in [1.82, 2.24) is 0 Å². The fraction of sp³-hybridized carbons (Fsp3) is 0.400. The summed E-state index contributed by atoms with van der Waals surface area (Å²) in [6.07, 6.45) is 0. The number of quaternary nitrogens is 1. The van der Waals surface area contributed by atoms with Crippen LogP contribution in [0.25, 0.3) is 0 Å². The van der Waals surface area contributed by atoms with Crippen molar-refractivity contribution in [2.75, 3.05) is 6.54 Å². The summed E-state index contributed by atoms with van der Waals surface area (Å²) in [4.78, 5) is 0. The molecule has 0 aromatic heterocycles. The van der Waals surface area contributed by atoms with Gasteiger partial charge in [-0.1, -0.05) is 34.1 Å². The molecule has 0 bridgehead atoms. The first-order valence-electron chi connectivity index (χ1n) is 4.38. The van der Waals surface area contributed by atoms with Crippen LogP contribution in [0, 0.1) is 12.1 Å². The zero-order valence-corrected chi connectivity index (χ0v) is 9.52. The molecule has 0 aliphatic heterocycles. The minimum atomic E-state index is 0.229. The number of hydroxylamine groups is 1. The van der Waals surface area contributed by atoms with E-state index in [1.165, 1.54) is 0 Å². The van der Waals surface area contributed by atoms with Gasteiger partial charge in [-0.25, -0.2) is 0 Å². The first kappa shape index (κ1) is 10.7. The molecular weight excluding hydrogens is 230 g/mol. The van der Waals surface area contributed by atoms with Gasteiger partial charge in [-0.05, 0) is 13.8 Å². The predicted octanol–water partition coefficient (Wildman–Crippen LogP) is 1.92. The maximum Gasteiger partial charge on any atom is 0.138 e. The summed E-state index contributed by atoms with van der Waals surface area (Å²) in [5, 5.41) is 12.6. The van der Waals surface area contributed by atoms with E-state index in [2.05, 4.69) is 15.9 Å². The molecule has 0 saturated heterocycles. The highest BCUT2D eigenvalue weighted by Gasteiger charge is 2.09. The second-order valence-electron chi connectivity index (χ2n) is 3.02. The number of hydrogen-bond acceptors (Lipinski definition) is 1. The number of rotatable bonds is 3. The molecule has 0 aliphatic carbocycles. The Hall–Kier alpha value is -0.380. The van der Waals surface area contributed by atoms with Crippen molar-refractivity contribution in [3.05, 3.63) is 34.5 Å². The Morgan fingerprint density at radius 1 is 1.46 bits per heavy atom. The van der Waals surface area contributed by atoms with E-state index < -0.39 is 0 Å². The Morgan fingerprint density at radius 2 is 2.15 bits per heavy atom. The molecule has 0 spiro atoms. The van der Waals surface area contributed by atoms with Gasteiger partial charge in [-0.2, -0.15) is 0 Å². The molecule has 2 nitrogen and oxygen atoms in total. The average molecular weight is 244 g/mol. The van der Waals surface area contributed by atoms with Crippen LogP contribution in [0.4, 0.5) is 5.69 Å². The third-order valence-electron chi connectivity index (χ3n) is 2.10. The van der Waals surface area contributed by atoms with Gasteiger partial charge in [-0.15, -0.1) is 0 Å². The van der Waals surface area contributed by atoms with Gasteiger partial charge in [0.05, 0.1) is 6.54 Å². The van der Waals surface area contributed by atoms with Gasteiger partial charge in [0.25, 0.3) is 0 Å². The summed E-state index contributed by atoms with van der Waals surface area (Å²) < 4.78 is 0. The minimum absolute atomic E-state index is 0.229. The van der Waals surface area contributed by atoms with Crippen LogP contribution in [0.5, 0.6) is 0 Å². The van der Waals surface area contributed by atoms with Crippen molar-refractivity contribution < 1.29 is 5.06 Å². The SMILES string of the molecule is CC[NH+]([O-])c1c(C)cccc1CBr. The Balaban J connectivity index is 3.14. The summed E-state index contributed by atoms with van der Waals surface area (Å²) in [6.45, 7) is 4.45. The van der Waals surface area contributed by atoms with Crippen molar-refractivity contribution in [1.29, 1.82) is 0 Å². The normalized spacial score (nSPS) is 12.9. The van der Waals surface area contributed by atoms with Gasteiger partial charge in [0, 0.05) is 16.5 Å². The summed E-state index contributed by atoms with van der Waals surface area (Å²) >= 11 is 3.39. The fourth-order valence-electron chi connectivity index (χ4n) is 1.42. The van der Waals surface area contributed by atoms with Gasteiger partial charge in [-0.3, -0.25) is 0 Å². The van der Waals surface area contributed by atoms with E-state index in [0.29, 0.717) is 6.54 Å². The van der Waals surface area contributed by atoms with Gasteiger partial charge < -0.3 is 10.3 Å². The molecule has 3 heteroatoms. The zero-order chi connectivity index (χ0) is 9.84. The summed E-state index contributed by atoms with van der Waals surface area (Å²) in [7, 11) is 0. The molecule has 1 aromatic carbocycles. The Bertz CT molecular complexity index is 288. The topological polar surface area (TPSA) is 27.5 Å². The van der Waals surface area contributed by atoms with Crippen LogP contribution in [0.3, 0.4) is 0 Å². The number of hydrogen-bond donors (Lipinski definition) is 1. The lowest BCUT2D eigenvalue weighted by Crippen LogP contribution is -3.02. The molecular formula is C10H14BrNO. The predicted molar refractivity (Wildman–Crippen MR) is 58.3 cm³/mol. The van der Waals surface area contributed by atoms with Crippen molar-refractivity contribution in [3.63, 3.8) is 0 Å². The summed E-state index contributed by atoms with van der Waals surface area (Å²) in [6, 6.07) is 5.96. The summed E-state index contributed by atoms with van der Waals surface area (Å²) in [5.74, 6) is 0. The molecule has 1 unspecified atom stereocenters. The van der Waals surface area contributed by atoms with Gasteiger partial charge in [0.1, 0.15) is 5.69 Å². The van der Waals surface area contributed by atoms with Gasteiger partial charge >= 0.3 is 0 Å². The number of aryl methyl sites for hydroxylation is 1. The molecule has 1 aromatic rings. The van der Waals surface area contributed by atoms with E-state index in [0.717, 1.165) is 22.1 Å². The molecule has 0 radical (unpaired) electrons. The maximum atomic E-state index is 11.6. The molecule has 0 heterocycles. The molecule has 0 fully saturated rings. The van der Waals surface area contributed by atoms with Crippen LogP contribution in [0.2, 0.25) is 0 Å². The second kappa shape index (κ2) is 4.74. The third-order valence-corrected chi connectivity index (χ3v) is 2.71. The Labute approximate surface area is 87.3 Å². The lowest BCUT2D eigenvalue weighted by Gasteiger charge is -2.23. The number of nitrogens with one attached hydrogen (secondary N) is 1. The van der Waals surface area contributed by atoms with Crippen molar-refractivity contribution in [2.45, 2.75) is 19.2 Å². The third kappa shape index (κ3) is 2.30. The van der Waals surface area contributed by atoms with E-state index in [1.54, 1.807) is 0 Å². The van der Waals surface area contributed by atoms with E-state index >= 15 is 0 Å². The number of benzene rings is 1. The van der Waals surface area contributed by atoms with Crippen LogP contribution < -0.4 is 5.06 Å². The number of halogens is 1. The Morgan fingerprint density at radius 3 is 2.69 bits per heavy atom. The van der Waals surface area contributed by atoms with Crippen molar-refractivity contribution in [3.8, 4) is 0 Å². The molecule has 13 heavy (non-hydrogen) atoms. The first-order chi connectivity index (χ1) is 6.20. The van der Waals surface area contributed by atoms with Crippen LogP contribution in [0.1, 0.15) is 18.1 Å². The monoisotopic (exact) mass is 243 g/mol. The summed E-state index contributed by atoms with van der Waals surface area (Å²) in [5.41, 5.74) is 3.05. The zero-order valence-electron chi connectivity index (χ0n) is 7.93. The molecule has 0 saturated carbocycles. The van der Waals surface area contributed by atoms with Crippen LogP contribution in [-0.2, 0) is 5.33 Å². The first-order valence-corrected chi connectivity index (χ1v) is 5.50. The molecule has 1 N–H and O–H groups in total. The quantitative estimate of drug-likeness (QED) is 0.638. The van der Waals surface area contributed by atoms with E-state index in [-0.39, 0.29) is 5.06 Å². The molecule has 1 atom stereocenters. The maximum absolute atomic E-state index is 11.6. The molecule has 0 amide bonds. The smallest absolute Gasteiger partial charge is 0.138 e. The van der Waals surface area contributed by atoms with Crippen LogP contribution >= 0.6 is 15.9 Å². The molecule has 0 aliphatic rings. The van der Waals surface area contributed by atoms with Crippen molar-refractivity contribution >= 4 is 21.6 Å². The minimum Gasteiger partial charge on any atom is -0.629 e. The van der Waals surface area contributed by atoms with E-state index in [9.17, 15) is 5.21 Å². The van der Waals surface area contributed by atoms with Crippen LogP contribution in [0.15, 0.2) is 18.2 Å². The standard InChI is InChI=1S/C10H14BrNO/c1-3-12(13)10-8(2)5-4-6-9(10)7-11/h4-6,12H,3,7H2,1-2H3. The Kier molecular flexibility index (Phi) is 3.90. The average Bonchev–Trinajstić information content (AvgIpc) is 2.16. The van der Waals surface area contributed by atoms with E-state index in [1.807, 2.05) is 32.0 Å². The lowest BCUT2D eigenvalue weighted by molar-refractivity contribution is -0.774. The van der Waals surface area contributed by atoms with E-state index in [4.69, 9.17) is 0 Å².